The Balaban J connectivity index is 4.41. The molecule has 0 N–H and O–H groups in total. The molecule has 4 nitrogen and oxygen atoms in total. The van der Waals surface area contributed by atoms with Crippen LogP contribution in [0, 0.1) is 11.8 Å². The van der Waals surface area contributed by atoms with Crippen LogP contribution in [0.15, 0.2) is 0 Å². The zero-order valence-corrected chi connectivity index (χ0v) is 19.6. The second-order valence-corrected chi connectivity index (χ2v) is 8.68. The Kier molecular flexibility index (Phi) is 14.3. The van der Waals surface area contributed by atoms with Crippen molar-refractivity contribution in [3.05, 3.63) is 0 Å². The molecule has 2 unspecified atom stereocenters. The first-order valence-corrected chi connectivity index (χ1v) is 11.7. The van der Waals surface area contributed by atoms with E-state index in [4.69, 9.17) is 6.15 Å². The van der Waals surface area contributed by atoms with Crippen molar-refractivity contribution in [2.75, 3.05) is 39.3 Å². The van der Waals surface area contributed by atoms with E-state index in [9.17, 15) is 0 Å². The second-order valence-electron chi connectivity index (χ2n) is 6.86. The Morgan fingerprint density at radius 1 is 0.652 bits per heavy atom. The Morgan fingerprint density at radius 3 is 1.17 bits per heavy atom. The van der Waals surface area contributed by atoms with Crippen molar-refractivity contribution in [2.24, 2.45) is 11.8 Å². The maximum absolute atomic E-state index is 6.25. The van der Waals surface area contributed by atoms with E-state index in [-0.39, 0.29) is 0 Å². The third kappa shape index (κ3) is 10.3. The third-order valence-corrected chi connectivity index (χ3v) is 6.83. The zero-order chi connectivity index (χ0) is 17.8. The van der Waals surface area contributed by atoms with E-state index in [2.05, 4.69) is 65.2 Å². The molecule has 0 aliphatic rings. The number of hydrogen-bond acceptors (Lipinski definition) is 4. The molecule has 0 saturated heterocycles. The average Bonchev–Trinajstić information content (AvgIpc) is 2.53. The van der Waals surface area contributed by atoms with Gasteiger partial charge in [0.1, 0.15) is 0 Å². The summed E-state index contributed by atoms with van der Waals surface area (Å²) in [7, 11) is 0. The fourth-order valence-corrected chi connectivity index (χ4v) is 5.24. The molecular formula is C18H40N2O2Sn. The number of likely N-dealkylation sites (N-methyl/N-ethyl adjacent to an activating group) is 2. The van der Waals surface area contributed by atoms with E-state index in [0.717, 1.165) is 39.3 Å². The molecule has 23 heavy (non-hydrogen) atoms. The van der Waals surface area contributed by atoms with Crippen molar-refractivity contribution in [2.45, 2.75) is 67.6 Å². The molecule has 0 aliphatic heterocycles. The van der Waals surface area contributed by atoms with Gasteiger partial charge in [-0.15, -0.1) is 0 Å². The van der Waals surface area contributed by atoms with Gasteiger partial charge >= 0.3 is 157 Å². The predicted molar refractivity (Wildman–Crippen MR) is 101 cm³/mol. The van der Waals surface area contributed by atoms with Crippen molar-refractivity contribution >= 4 is 22.0 Å². The molecule has 0 rings (SSSR count). The summed E-state index contributed by atoms with van der Waals surface area (Å²) in [4.78, 5) is 4.89. The monoisotopic (exact) mass is 436 g/mol. The van der Waals surface area contributed by atoms with Gasteiger partial charge in [0.25, 0.3) is 0 Å². The molecule has 0 spiro atoms. The van der Waals surface area contributed by atoms with E-state index in [0.29, 0.717) is 24.0 Å². The van der Waals surface area contributed by atoms with Crippen LogP contribution in [0.2, 0.25) is 0 Å². The van der Waals surface area contributed by atoms with Crippen LogP contribution in [-0.2, 0) is 6.15 Å². The average molecular weight is 435 g/mol. The fourth-order valence-electron chi connectivity index (χ4n) is 2.39. The van der Waals surface area contributed by atoms with Crippen molar-refractivity contribution in [3.8, 4) is 0 Å². The van der Waals surface area contributed by atoms with Gasteiger partial charge in [-0.25, -0.2) is 0 Å². The van der Waals surface area contributed by atoms with Gasteiger partial charge in [-0.05, 0) is 0 Å². The van der Waals surface area contributed by atoms with E-state index in [1.165, 1.54) is 0 Å². The summed E-state index contributed by atoms with van der Waals surface area (Å²) >= 11 is -1.24. The van der Waals surface area contributed by atoms with Crippen LogP contribution in [0.4, 0.5) is 0 Å². The molecule has 0 aromatic rings. The van der Waals surface area contributed by atoms with Gasteiger partial charge in [0, 0.05) is 0 Å². The first-order valence-electron chi connectivity index (χ1n) is 9.40. The second kappa shape index (κ2) is 13.9. The Morgan fingerprint density at radius 2 is 0.957 bits per heavy atom. The van der Waals surface area contributed by atoms with E-state index < -0.39 is 22.0 Å². The van der Waals surface area contributed by atoms with Crippen molar-refractivity contribution in [1.82, 2.24) is 9.80 Å². The van der Waals surface area contributed by atoms with E-state index in [1.807, 2.05) is 0 Å². The molecule has 0 amide bonds. The van der Waals surface area contributed by atoms with Gasteiger partial charge in [-0.3, -0.25) is 0 Å². The van der Waals surface area contributed by atoms with Gasteiger partial charge < -0.3 is 0 Å². The Hall–Kier alpha value is 0.639. The summed E-state index contributed by atoms with van der Waals surface area (Å²) in [6.07, 6.45) is 0.616. The maximum atomic E-state index is 6.25. The van der Waals surface area contributed by atoms with Crippen LogP contribution in [0.1, 0.15) is 55.4 Å². The number of nitrogens with zero attached hydrogens (tertiary/aromatic N) is 2. The summed E-state index contributed by atoms with van der Waals surface area (Å²) in [6.45, 7) is 24.3. The minimum absolute atomic E-state index is 0.308. The topological polar surface area (TPSA) is 24.9 Å². The summed E-state index contributed by atoms with van der Waals surface area (Å²) < 4.78 is 12.5. The first kappa shape index (κ1) is 23.6. The fraction of sp³-hybridized carbons (Fsp3) is 1.00. The SMILES string of the molecule is CCN(CC)CC([O][Sn][O]C(CN(CC)CC)C(C)C)C(C)C. The van der Waals surface area contributed by atoms with Crippen LogP contribution in [0.5, 0.6) is 0 Å². The molecule has 0 fully saturated rings. The van der Waals surface area contributed by atoms with Gasteiger partial charge in [-0.2, -0.15) is 0 Å². The molecule has 2 radical (unpaired) electrons. The van der Waals surface area contributed by atoms with Crippen LogP contribution in [0.3, 0.4) is 0 Å². The standard InChI is InChI=1S/2C9H20NO.Sn/c2*1-5-10(6-2)7-9(11)8(3)4;/h2*8-9H,5-7H2,1-4H3;/q2*-1;+2. The summed E-state index contributed by atoms with van der Waals surface area (Å²) in [5, 5.41) is 0. The van der Waals surface area contributed by atoms with E-state index >= 15 is 0 Å². The molecule has 0 bridgehead atoms. The number of rotatable bonds is 14. The molecule has 0 heterocycles. The van der Waals surface area contributed by atoms with Gasteiger partial charge in [0.05, 0.1) is 0 Å². The number of hydrogen-bond donors (Lipinski definition) is 0. The van der Waals surface area contributed by atoms with Crippen LogP contribution in [-0.4, -0.2) is 83.2 Å². The van der Waals surface area contributed by atoms with Crippen LogP contribution < -0.4 is 0 Å². The van der Waals surface area contributed by atoms with Crippen LogP contribution in [0.25, 0.3) is 0 Å². The van der Waals surface area contributed by atoms with Gasteiger partial charge in [-0.1, -0.05) is 0 Å². The molecule has 2 atom stereocenters. The molecule has 0 aromatic carbocycles. The molecular weight excluding hydrogens is 395 g/mol. The predicted octanol–water partition coefficient (Wildman–Crippen LogP) is 3.29. The Bertz CT molecular complexity index is 244. The zero-order valence-electron chi connectivity index (χ0n) is 16.8. The Labute approximate surface area is 156 Å². The minimum atomic E-state index is -1.24. The summed E-state index contributed by atoms with van der Waals surface area (Å²) in [5.74, 6) is 1.08. The molecule has 0 aromatic heterocycles. The summed E-state index contributed by atoms with van der Waals surface area (Å²) in [6, 6.07) is 0. The van der Waals surface area contributed by atoms with Crippen LogP contribution >= 0.6 is 0 Å². The molecule has 0 saturated carbocycles. The van der Waals surface area contributed by atoms with Crippen molar-refractivity contribution in [1.29, 1.82) is 0 Å². The first-order chi connectivity index (χ1) is 10.9. The quantitative estimate of drug-likeness (QED) is 0.391. The van der Waals surface area contributed by atoms with Gasteiger partial charge in [0.2, 0.25) is 0 Å². The van der Waals surface area contributed by atoms with Crippen molar-refractivity contribution < 1.29 is 6.15 Å². The third-order valence-electron chi connectivity index (χ3n) is 4.55. The van der Waals surface area contributed by atoms with Gasteiger partial charge in [0.15, 0.2) is 0 Å². The molecule has 138 valence electrons. The van der Waals surface area contributed by atoms with E-state index in [1.54, 1.807) is 0 Å². The molecule has 0 aliphatic carbocycles. The normalized spacial score (nSPS) is 15.1. The summed E-state index contributed by atoms with van der Waals surface area (Å²) in [5.41, 5.74) is 0. The molecule has 5 heteroatoms. The van der Waals surface area contributed by atoms with Crippen molar-refractivity contribution in [3.63, 3.8) is 0 Å².